The number of hydrogen-bond donors (Lipinski definition) is 0. The average Bonchev–Trinajstić information content (AvgIpc) is 3.07. The van der Waals surface area contributed by atoms with Gasteiger partial charge in [-0.15, -0.1) is 0 Å². The molecule has 0 spiro atoms. The third-order valence-electron chi connectivity index (χ3n) is 4.90. The van der Waals surface area contributed by atoms with Crippen LogP contribution in [0, 0.1) is 6.92 Å². The monoisotopic (exact) mass is 351 g/mol. The standard InChI is InChI=1S/C20H25N5O/c1-3-6-16-13-19(17-7-4-5-8-18(17)22-16)25-11-9-24(10-12-25)14-20-21-15(2)26-23-20/h4-5,7-8,13H,3,6,9-12,14H2,1-2H3. The third-order valence-corrected chi connectivity index (χ3v) is 4.90. The van der Waals surface area contributed by atoms with Crippen LogP contribution in [-0.2, 0) is 13.0 Å². The Morgan fingerprint density at radius 2 is 1.88 bits per heavy atom. The molecule has 1 aliphatic heterocycles. The molecule has 6 heteroatoms. The summed E-state index contributed by atoms with van der Waals surface area (Å²) in [5.74, 6) is 1.40. The molecule has 0 radical (unpaired) electrons. The maximum atomic E-state index is 5.08. The van der Waals surface area contributed by atoms with Crippen molar-refractivity contribution in [1.29, 1.82) is 0 Å². The van der Waals surface area contributed by atoms with Gasteiger partial charge < -0.3 is 9.42 Å². The normalized spacial score (nSPS) is 15.7. The Morgan fingerprint density at radius 1 is 1.08 bits per heavy atom. The van der Waals surface area contributed by atoms with Crippen LogP contribution in [0.4, 0.5) is 5.69 Å². The van der Waals surface area contributed by atoms with Gasteiger partial charge in [0.2, 0.25) is 5.89 Å². The molecule has 3 aromatic rings. The minimum atomic E-state index is 0.630. The van der Waals surface area contributed by atoms with Crippen molar-refractivity contribution in [3.63, 3.8) is 0 Å². The van der Waals surface area contributed by atoms with Crippen LogP contribution in [0.15, 0.2) is 34.9 Å². The van der Waals surface area contributed by atoms with Crippen molar-refractivity contribution in [2.24, 2.45) is 0 Å². The Kier molecular flexibility index (Phi) is 4.84. The Labute approximate surface area is 153 Å². The first-order valence-electron chi connectivity index (χ1n) is 9.38. The van der Waals surface area contributed by atoms with Gasteiger partial charge >= 0.3 is 0 Å². The zero-order chi connectivity index (χ0) is 17.9. The first kappa shape index (κ1) is 17.0. The molecule has 136 valence electrons. The van der Waals surface area contributed by atoms with Crippen molar-refractivity contribution in [2.75, 3.05) is 31.1 Å². The number of aryl methyl sites for hydroxylation is 2. The summed E-state index contributed by atoms with van der Waals surface area (Å²) in [5, 5.41) is 5.26. The average molecular weight is 351 g/mol. The highest BCUT2D eigenvalue weighted by molar-refractivity contribution is 5.92. The molecule has 1 aliphatic rings. The van der Waals surface area contributed by atoms with E-state index in [2.05, 4.69) is 57.2 Å². The Morgan fingerprint density at radius 3 is 2.62 bits per heavy atom. The van der Waals surface area contributed by atoms with Gasteiger partial charge in [0.25, 0.3) is 0 Å². The van der Waals surface area contributed by atoms with E-state index in [-0.39, 0.29) is 0 Å². The predicted octanol–water partition coefficient (Wildman–Crippen LogP) is 3.20. The molecule has 6 nitrogen and oxygen atoms in total. The minimum Gasteiger partial charge on any atom is -0.368 e. The summed E-state index contributed by atoms with van der Waals surface area (Å²) >= 11 is 0. The number of anilines is 1. The van der Waals surface area contributed by atoms with Gasteiger partial charge in [0, 0.05) is 49.9 Å². The van der Waals surface area contributed by atoms with E-state index in [9.17, 15) is 0 Å². The van der Waals surface area contributed by atoms with E-state index in [1.54, 1.807) is 0 Å². The Hall–Kier alpha value is -2.47. The summed E-state index contributed by atoms with van der Waals surface area (Å²) < 4.78 is 5.08. The van der Waals surface area contributed by atoms with E-state index in [1.807, 2.05) is 6.92 Å². The van der Waals surface area contributed by atoms with Crippen LogP contribution in [0.1, 0.15) is 30.8 Å². The largest absolute Gasteiger partial charge is 0.368 e. The topological polar surface area (TPSA) is 58.3 Å². The molecule has 2 aromatic heterocycles. The molecular formula is C20H25N5O. The van der Waals surface area contributed by atoms with Gasteiger partial charge in [-0.2, -0.15) is 4.98 Å². The fourth-order valence-electron chi connectivity index (χ4n) is 3.61. The van der Waals surface area contributed by atoms with Gasteiger partial charge in [-0.05, 0) is 18.6 Å². The molecule has 0 saturated carbocycles. The second-order valence-electron chi connectivity index (χ2n) is 6.89. The Bertz CT molecular complexity index is 883. The molecule has 0 atom stereocenters. The van der Waals surface area contributed by atoms with E-state index < -0.39 is 0 Å². The summed E-state index contributed by atoms with van der Waals surface area (Å²) in [7, 11) is 0. The van der Waals surface area contributed by atoms with Gasteiger partial charge in [0.1, 0.15) is 0 Å². The van der Waals surface area contributed by atoms with Crippen LogP contribution in [0.3, 0.4) is 0 Å². The zero-order valence-corrected chi connectivity index (χ0v) is 15.5. The van der Waals surface area contributed by atoms with Crippen LogP contribution in [-0.4, -0.2) is 46.2 Å². The molecule has 0 amide bonds. The molecule has 1 fully saturated rings. The highest BCUT2D eigenvalue weighted by Crippen LogP contribution is 2.28. The number of hydrogen-bond acceptors (Lipinski definition) is 6. The van der Waals surface area contributed by atoms with Crippen LogP contribution in [0.25, 0.3) is 10.9 Å². The molecule has 0 unspecified atom stereocenters. The van der Waals surface area contributed by atoms with Gasteiger partial charge in [-0.1, -0.05) is 36.7 Å². The van der Waals surface area contributed by atoms with Crippen molar-refractivity contribution >= 4 is 16.6 Å². The van der Waals surface area contributed by atoms with Gasteiger partial charge in [-0.25, -0.2) is 0 Å². The lowest BCUT2D eigenvalue weighted by Gasteiger charge is -2.36. The first-order chi connectivity index (χ1) is 12.7. The van der Waals surface area contributed by atoms with Gasteiger partial charge in [0.05, 0.1) is 12.1 Å². The molecule has 0 N–H and O–H groups in total. The number of fused-ring (bicyclic) bond motifs is 1. The van der Waals surface area contributed by atoms with Gasteiger partial charge in [-0.3, -0.25) is 9.88 Å². The van der Waals surface area contributed by atoms with Crippen molar-refractivity contribution in [1.82, 2.24) is 20.0 Å². The van der Waals surface area contributed by atoms with Crippen molar-refractivity contribution in [3.05, 3.63) is 47.7 Å². The van der Waals surface area contributed by atoms with Crippen molar-refractivity contribution in [3.8, 4) is 0 Å². The number of aromatic nitrogens is 3. The quantitative estimate of drug-likeness (QED) is 0.703. The highest BCUT2D eigenvalue weighted by Gasteiger charge is 2.21. The van der Waals surface area contributed by atoms with Crippen LogP contribution >= 0.6 is 0 Å². The number of pyridine rings is 1. The third kappa shape index (κ3) is 3.55. The number of rotatable bonds is 5. The second kappa shape index (κ2) is 7.41. The molecule has 26 heavy (non-hydrogen) atoms. The van der Waals surface area contributed by atoms with E-state index in [4.69, 9.17) is 9.51 Å². The minimum absolute atomic E-state index is 0.630. The lowest BCUT2D eigenvalue weighted by Crippen LogP contribution is -2.46. The Balaban J connectivity index is 1.51. The SMILES string of the molecule is CCCc1cc(N2CCN(Cc3noc(C)n3)CC2)c2ccccc2n1. The highest BCUT2D eigenvalue weighted by atomic mass is 16.5. The summed E-state index contributed by atoms with van der Waals surface area (Å²) in [6, 6.07) is 10.8. The van der Waals surface area contributed by atoms with Crippen molar-refractivity contribution < 1.29 is 4.52 Å². The predicted molar refractivity (Wildman–Crippen MR) is 102 cm³/mol. The number of piperazine rings is 1. The fourth-order valence-corrected chi connectivity index (χ4v) is 3.61. The zero-order valence-electron chi connectivity index (χ0n) is 15.5. The van der Waals surface area contributed by atoms with Crippen LogP contribution in [0.5, 0.6) is 0 Å². The number of para-hydroxylation sites is 1. The maximum Gasteiger partial charge on any atom is 0.223 e. The van der Waals surface area contributed by atoms with Gasteiger partial charge in [0.15, 0.2) is 5.82 Å². The van der Waals surface area contributed by atoms with Crippen LogP contribution < -0.4 is 4.90 Å². The fraction of sp³-hybridized carbons (Fsp3) is 0.450. The summed E-state index contributed by atoms with van der Waals surface area (Å²) in [6.07, 6.45) is 2.14. The van der Waals surface area contributed by atoms with E-state index in [0.29, 0.717) is 5.89 Å². The smallest absolute Gasteiger partial charge is 0.223 e. The van der Waals surface area contributed by atoms with E-state index in [0.717, 1.165) is 56.9 Å². The van der Waals surface area contributed by atoms with Crippen molar-refractivity contribution in [2.45, 2.75) is 33.2 Å². The molecule has 0 aliphatic carbocycles. The molecule has 1 saturated heterocycles. The van der Waals surface area contributed by atoms with E-state index >= 15 is 0 Å². The number of nitrogens with zero attached hydrogens (tertiary/aromatic N) is 5. The molecule has 1 aromatic carbocycles. The summed E-state index contributed by atoms with van der Waals surface area (Å²) in [5.41, 5.74) is 3.60. The molecular weight excluding hydrogens is 326 g/mol. The lowest BCUT2D eigenvalue weighted by atomic mass is 10.1. The molecule has 3 heterocycles. The molecule has 4 rings (SSSR count). The van der Waals surface area contributed by atoms with E-state index in [1.165, 1.54) is 16.8 Å². The first-order valence-corrected chi connectivity index (χ1v) is 9.38. The number of benzene rings is 1. The summed E-state index contributed by atoms with van der Waals surface area (Å²) in [6.45, 7) is 8.77. The maximum absolute atomic E-state index is 5.08. The second-order valence-corrected chi connectivity index (χ2v) is 6.89. The molecule has 0 bridgehead atoms. The van der Waals surface area contributed by atoms with Crippen LogP contribution in [0.2, 0.25) is 0 Å². The summed E-state index contributed by atoms with van der Waals surface area (Å²) in [4.78, 5) is 14.0. The lowest BCUT2D eigenvalue weighted by molar-refractivity contribution is 0.240.